The van der Waals surface area contributed by atoms with Crippen LogP contribution in [0.4, 0.5) is 5.69 Å². The molecule has 5 nitrogen and oxygen atoms in total. The summed E-state index contributed by atoms with van der Waals surface area (Å²) in [5, 5.41) is 3.36. The first kappa shape index (κ1) is 18.6. The molecule has 2 aromatic carbocycles. The van der Waals surface area contributed by atoms with Gasteiger partial charge in [-0.25, -0.2) is 0 Å². The molecule has 3 heterocycles. The number of carbonyl (C=O) groups is 1. The summed E-state index contributed by atoms with van der Waals surface area (Å²) in [7, 11) is 0. The highest BCUT2D eigenvalue weighted by atomic mass is 16.6. The van der Waals surface area contributed by atoms with Gasteiger partial charge in [0.05, 0.1) is 12.2 Å². The lowest BCUT2D eigenvalue weighted by Crippen LogP contribution is -2.51. The Labute approximate surface area is 172 Å². The lowest BCUT2D eigenvalue weighted by Gasteiger charge is -2.38. The molecule has 5 heteroatoms. The van der Waals surface area contributed by atoms with E-state index in [1.165, 1.54) is 11.3 Å². The van der Waals surface area contributed by atoms with Crippen LogP contribution >= 0.6 is 0 Å². The minimum atomic E-state index is -0.321. The number of anilines is 1. The predicted octanol–water partition coefficient (Wildman–Crippen LogP) is 3.24. The molecule has 0 aliphatic carbocycles. The SMILES string of the molecule is O=C(NC1CCOC2(CCOC2)C1)C(c1ccccc1)N1CCc2ccccc21. The number of nitrogens with one attached hydrogen (secondary N) is 1. The third kappa shape index (κ3) is 3.65. The molecule has 1 N–H and O–H groups in total. The monoisotopic (exact) mass is 392 g/mol. The highest BCUT2D eigenvalue weighted by Crippen LogP contribution is 2.36. The molecule has 152 valence electrons. The highest BCUT2D eigenvalue weighted by Gasteiger charge is 2.42. The van der Waals surface area contributed by atoms with Crippen LogP contribution in [0, 0.1) is 0 Å². The zero-order chi connectivity index (χ0) is 19.7. The predicted molar refractivity (Wildman–Crippen MR) is 112 cm³/mol. The second-order valence-corrected chi connectivity index (χ2v) is 8.42. The molecule has 3 aliphatic heterocycles. The minimum absolute atomic E-state index is 0.0777. The lowest BCUT2D eigenvalue weighted by molar-refractivity contribution is -0.127. The van der Waals surface area contributed by atoms with E-state index in [1.54, 1.807) is 0 Å². The number of hydrogen-bond donors (Lipinski definition) is 1. The zero-order valence-corrected chi connectivity index (χ0v) is 16.7. The van der Waals surface area contributed by atoms with Crippen LogP contribution in [-0.4, -0.2) is 43.9 Å². The quantitative estimate of drug-likeness (QED) is 0.868. The first-order valence-corrected chi connectivity index (χ1v) is 10.7. The molecule has 0 saturated carbocycles. The van der Waals surface area contributed by atoms with Gasteiger partial charge >= 0.3 is 0 Å². The van der Waals surface area contributed by atoms with Crippen molar-refractivity contribution >= 4 is 11.6 Å². The Bertz CT molecular complexity index is 863. The average molecular weight is 392 g/mol. The van der Waals surface area contributed by atoms with Gasteiger partial charge in [-0.05, 0) is 36.5 Å². The molecule has 0 bridgehead atoms. The molecule has 3 unspecified atom stereocenters. The number of ether oxygens (including phenoxy) is 2. The van der Waals surface area contributed by atoms with Crippen molar-refractivity contribution in [1.29, 1.82) is 0 Å². The van der Waals surface area contributed by atoms with Gasteiger partial charge in [-0.1, -0.05) is 48.5 Å². The van der Waals surface area contributed by atoms with Crippen LogP contribution < -0.4 is 10.2 Å². The Morgan fingerprint density at radius 3 is 2.76 bits per heavy atom. The fourth-order valence-corrected chi connectivity index (χ4v) is 5.03. The second-order valence-electron chi connectivity index (χ2n) is 8.42. The van der Waals surface area contributed by atoms with Crippen LogP contribution in [0.2, 0.25) is 0 Å². The van der Waals surface area contributed by atoms with E-state index in [0.29, 0.717) is 13.2 Å². The van der Waals surface area contributed by atoms with Gasteiger partial charge in [0.2, 0.25) is 5.91 Å². The van der Waals surface area contributed by atoms with Crippen LogP contribution in [-0.2, 0) is 20.7 Å². The molecule has 0 radical (unpaired) electrons. The van der Waals surface area contributed by atoms with Crippen LogP contribution in [0.3, 0.4) is 0 Å². The smallest absolute Gasteiger partial charge is 0.247 e. The average Bonchev–Trinajstić information content (AvgIpc) is 3.37. The van der Waals surface area contributed by atoms with Gasteiger partial charge in [-0.2, -0.15) is 0 Å². The Morgan fingerprint density at radius 2 is 1.93 bits per heavy atom. The van der Waals surface area contributed by atoms with Gasteiger partial charge in [-0.15, -0.1) is 0 Å². The van der Waals surface area contributed by atoms with Gasteiger partial charge in [-0.3, -0.25) is 4.79 Å². The van der Waals surface area contributed by atoms with Crippen molar-refractivity contribution in [2.45, 2.75) is 43.4 Å². The highest BCUT2D eigenvalue weighted by molar-refractivity contribution is 5.87. The van der Waals surface area contributed by atoms with E-state index < -0.39 is 0 Å². The van der Waals surface area contributed by atoms with Crippen LogP contribution in [0.1, 0.15) is 36.4 Å². The summed E-state index contributed by atoms with van der Waals surface area (Å²) in [6.07, 6.45) is 3.58. The summed E-state index contributed by atoms with van der Waals surface area (Å²) >= 11 is 0. The van der Waals surface area contributed by atoms with Gasteiger partial charge in [0.25, 0.3) is 0 Å². The molecule has 2 fully saturated rings. The van der Waals surface area contributed by atoms with E-state index in [-0.39, 0.29) is 23.6 Å². The first-order chi connectivity index (χ1) is 14.2. The summed E-state index contributed by atoms with van der Waals surface area (Å²) < 4.78 is 11.6. The number of amides is 1. The van der Waals surface area contributed by atoms with E-state index in [0.717, 1.165) is 44.4 Å². The van der Waals surface area contributed by atoms with E-state index in [9.17, 15) is 4.79 Å². The maximum Gasteiger partial charge on any atom is 0.247 e. The van der Waals surface area contributed by atoms with E-state index in [1.807, 2.05) is 18.2 Å². The minimum Gasteiger partial charge on any atom is -0.378 e. The summed E-state index contributed by atoms with van der Waals surface area (Å²) in [5.41, 5.74) is 3.31. The van der Waals surface area contributed by atoms with Crippen molar-refractivity contribution in [3.05, 3.63) is 65.7 Å². The van der Waals surface area contributed by atoms with Gasteiger partial charge < -0.3 is 19.7 Å². The number of rotatable bonds is 4. The van der Waals surface area contributed by atoms with E-state index in [2.05, 4.69) is 46.6 Å². The molecule has 29 heavy (non-hydrogen) atoms. The summed E-state index contributed by atoms with van der Waals surface area (Å²) in [6, 6.07) is 18.4. The molecule has 1 amide bonds. The number of carbonyl (C=O) groups excluding carboxylic acids is 1. The summed E-state index contributed by atoms with van der Waals surface area (Å²) in [4.78, 5) is 15.8. The van der Waals surface area contributed by atoms with Crippen LogP contribution in [0.15, 0.2) is 54.6 Å². The van der Waals surface area contributed by atoms with Crippen LogP contribution in [0.5, 0.6) is 0 Å². The Morgan fingerprint density at radius 1 is 1.10 bits per heavy atom. The molecule has 5 rings (SSSR count). The van der Waals surface area contributed by atoms with Crippen molar-refractivity contribution in [2.24, 2.45) is 0 Å². The Balaban J connectivity index is 1.39. The lowest BCUT2D eigenvalue weighted by atomic mass is 9.89. The van der Waals surface area contributed by atoms with Gasteiger partial charge in [0.1, 0.15) is 6.04 Å². The Kier molecular flexibility index (Phi) is 5.02. The van der Waals surface area contributed by atoms with E-state index in [4.69, 9.17) is 9.47 Å². The van der Waals surface area contributed by atoms with Crippen molar-refractivity contribution in [3.63, 3.8) is 0 Å². The second kappa shape index (κ2) is 7.81. The zero-order valence-electron chi connectivity index (χ0n) is 16.7. The van der Waals surface area contributed by atoms with Crippen molar-refractivity contribution in [3.8, 4) is 0 Å². The molecule has 3 aliphatic rings. The molecule has 3 atom stereocenters. The molecular formula is C24H28N2O3. The summed E-state index contributed by atoms with van der Waals surface area (Å²) in [6.45, 7) is 2.92. The van der Waals surface area contributed by atoms with Crippen LogP contribution in [0.25, 0.3) is 0 Å². The molecule has 0 aromatic heterocycles. The maximum atomic E-state index is 13.6. The molecule has 1 spiro atoms. The third-order valence-electron chi connectivity index (χ3n) is 6.50. The first-order valence-electron chi connectivity index (χ1n) is 10.7. The number of para-hydroxylation sites is 1. The molecule has 2 aromatic rings. The van der Waals surface area contributed by atoms with E-state index >= 15 is 0 Å². The fourth-order valence-electron chi connectivity index (χ4n) is 5.03. The number of fused-ring (bicyclic) bond motifs is 1. The third-order valence-corrected chi connectivity index (χ3v) is 6.50. The number of hydrogen-bond acceptors (Lipinski definition) is 4. The summed E-state index contributed by atoms with van der Waals surface area (Å²) in [5.74, 6) is 0.0777. The van der Waals surface area contributed by atoms with Crippen molar-refractivity contribution in [2.75, 3.05) is 31.3 Å². The molecular weight excluding hydrogens is 364 g/mol. The van der Waals surface area contributed by atoms with Gasteiger partial charge in [0, 0.05) is 37.9 Å². The number of benzene rings is 2. The topological polar surface area (TPSA) is 50.8 Å². The normalized spacial score (nSPS) is 27.0. The Hall–Kier alpha value is -2.37. The molecule has 2 saturated heterocycles. The standard InChI is InChI=1S/C24H28N2O3/c27-23(25-20-11-14-29-24(16-20)12-15-28-17-24)22(19-7-2-1-3-8-19)26-13-10-18-6-4-5-9-21(18)26/h1-9,20,22H,10-17H2,(H,25,27). The van der Waals surface area contributed by atoms with Crippen molar-refractivity contribution in [1.82, 2.24) is 5.32 Å². The maximum absolute atomic E-state index is 13.6. The fraction of sp³-hybridized carbons (Fsp3) is 0.458. The largest absolute Gasteiger partial charge is 0.378 e. The van der Waals surface area contributed by atoms with Crippen molar-refractivity contribution < 1.29 is 14.3 Å². The van der Waals surface area contributed by atoms with Gasteiger partial charge in [0.15, 0.2) is 0 Å². The number of nitrogens with zero attached hydrogens (tertiary/aromatic N) is 1.